The Balaban J connectivity index is 1.61. The predicted octanol–water partition coefficient (Wildman–Crippen LogP) is 3.07. The molecule has 8 heteroatoms. The molecule has 0 spiro atoms. The van der Waals surface area contributed by atoms with Gasteiger partial charge in [-0.05, 0) is 30.4 Å². The monoisotopic (exact) mass is 434 g/mol. The maximum atomic E-state index is 12.7. The van der Waals surface area contributed by atoms with E-state index in [2.05, 4.69) is 21.7 Å². The minimum atomic E-state index is -0.0404. The maximum Gasteiger partial charge on any atom is 0.234 e. The Morgan fingerprint density at radius 2 is 1.97 bits per heavy atom. The van der Waals surface area contributed by atoms with Crippen LogP contribution in [-0.4, -0.2) is 57.9 Å². The SMILES string of the molecule is COc1cc(OC)c(OC)cc1CNC(=O)CN(Cc1cccs1)CC1CCCO1. The molecule has 1 atom stereocenters. The number of carbonyl (C=O) groups excluding carboxylic acids is 1. The van der Waals surface area contributed by atoms with Gasteiger partial charge in [-0.15, -0.1) is 11.3 Å². The van der Waals surface area contributed by atoms with Gasteiger partial charge in [-0.25, -0.2) is 0 Å². The van der Waals surface area contributed by atoms with Gasteiger partial charge in [0.05, 0.1) is 34.0 Å². The smallest absolute Gasteiger partial charge is 0.234 e. The molecule has 1 aliphatic heterocycles. The van der Waals surface area contributed by atoms with Gasteiger partial charge in [0.15, 0.2) is 11.5 Å². The number of amides is 1. The Labute approximate surface area is 181 Å². The quantitative estimate of drug-likeness (QED) is 0.586. The lowest BCUT2D eigenvalue weighted by Crippen LogP contribution is -2.40. The van der Waals surface area contributed by atoms with E-state index in [1.54, 1.807) is 38.7 Å². The van der Waals surface area contributed by atoms with E-state index < -0.39 is 0 Å². The molecule has 7 nitrogen and oxygen atoms in total. The third kappa shape index (κ3) is 6.10. The van der Waals surface area contributed by atoms with E-state index >= 15 is 0 Å². The van der Waals surface area contributed by atoms with Gasteiger partial charge in [-0.1, -0.05) is 6.07 Å². The highest BCUT2D eigenvalue weighted by molar-refractivity contribution is 7.09. The Morgan fingerprint density at radius 3 is 2.60 bits per heavy atom. The van der Waals surface area contributed by atoms with Crippen molar-refractivity contribution < 1.29 is 23.7 Å². The Kier molecular flexibility index (Phi) is 8.36. The van der Waals surface area contributed by atoms with Gasteiger partial charge in [-0.3, -0.25) is 9.69 Å². The molecule has 1 aromatic heterocycles. The Bertz CT molecular complexity index is 806. The van der Waals surface area contributed by atoms with Crippen LogP contribution in [0, 0.1) is 0 Å². The minimum Gasteiger partial charge on any atom is -0.496 e. The lowest BCUT2D eigenvalue weighted by molar-refractivity contribution is -0.122. The zero-order valence-corrected chi connectivity index (χ0v) is 18.6. The molecule has 1 unspecified atom stereocenters. The number of rotatable bonds is 11. The van der Waals surface area contributed by atoms with Crippen molar-refractivity contribution in [2.24, 2.45) is 0 Å². The molecule has 0 bridgehead atoms. The van der Waals surface area contributed by atoms with Crippen LogP contribution in [-0.2, 0) is 22.6 Å². The van der Waals surface area contributed by atoms with Crippen LogP contribution in [0.2, 0.25) is 0 Å². The highest BCUT2D eigenvalue weighted by atomic mass is 32.1. The lowest BCUT2D eigenvalue weighted by atomic mass is 10.1. The van der Waals surface area contributed by atoms with Crippen LogP contribution in [0.3, 0.4) is 0 Å². The van der Waals surface area contributed by atoms with Crippen molar-refractivity contribution in [1.29, 1.82) is 0 Å². The summed E-state index contributed by atoms with van der Waals surface area (Å²) in [7, 11) is 4.76. The number of nitrogens with one attached hydrogen (secondary N) is 1. The average Bonchev–Trinajstić information content (AvgIpc) is 3.45. The highest BCUT2D eigenvalue weighted by Gasteiger charge is 2.21. The van der Waals surface area contributed by atoms with Crippen LogP contribution in [0.15, 0.2) is 29.6 Å². The summed E-state index contributed by atoms with van der Waals surface area (Å²) in [5, 5.41) is 5.06. The van der Waals surface area contributed by atoms with Gasteiger partial charge < -0.3 is 24.3 Å². The first kappa shape index (κ1) is 22.4. The zero-order valence-electron chi connectivity index (χ0n) is 17.8. The van der Waals surface area contributed by atoms with Crippen LogP contribution in [0.4, 0.5) is 0 Å². The fourth-order valence-electron chi connectivity index (χ4n) is 3.57. The van der Waals surface area contributed by atoms with Crippen molar-refractivity contribution in [3.8, 4) is 17.2 Å². The van der Waals surface area contributed by atoms with Crippen molar-refractivity contribution in [3.05, 3.63) is 40.1 Å². The molecule has 30 heavy (non-hydrogen) atoms. The number of carbonyl (C=O) groups is 1. The van der Waals surface area contributed by atoms with E-state index in [-0.39, 0.29) is 12.0 Å². The molecule has 1 amide bonds. The van der Waals surface area contributed by atoms with Gasteiger partial charge in [0.2, 0.25) is 5.91 Å². The molecule has 1 fully saturated rings. The lowest BCUT2D eigenvalue weighted by Gasteiger charge is -2.24. The summed E-state index contributed by atoms with van der Waals surface area (Å²) >= 11 is 1.70. The zero-order chi connectivity index (χ0) is 21.3. The summed E-state index contributed by atoms with van der Waals surface area (Å²) < 4.78 is 21.9. The molecule has 3 rings (SSSR count). The van der Waals surface area contributed by atoms with E-state index in [9.17, 15) is 4.79 Å². The van der Waals surface area contributed by atoms with Crippen LogP contribution < -0.4 is 19.5 Å². The second-order valence-electron chi connectivity index (χ2n) is 7.18. The van der Waals surface area contributed by atoms with Crippen molar-refractivity contribution in [3.63, 3.8) is 0 Å². The summed E-state index contributed by atoms with van der Waals surface area (Å²) in [5.74, 6) is 1.78. The van der Waals surface area contributed by atoms with Crippen LogP contribution in [0.5, 0.6) is 17.2 Å². The van der Waals surface area contributed by atoms with Gasteiger partial charge >= 0.3 is 0 Å². The number of methoxy groups -OCH3 is 3. The summed E-state index contributed by atoms with van der Waals surface area (Å²) in [6, 6.07) is 7.72. The molecule has 0 radical (unpaired) electrons. The Morgan fingerprint density at radius 1 is 1.20 bits per heavy atom. The van der Waals surface area contributed by atoms with Crippen molar-refractivity contribution in [2.75, 3.05) is 41.0 Å². The summed E-state index contributed by atoms with van der Waals surface area (Å²) in [6.45, 7) is 2.96. The van der Waals surface area contributed by atoms with Crippen LogP contribution >= 0.6 is 11.3 Å². The second kappa shape index (κ2) is 11.2. The molecule has 0 aliphatic carbocycles. The molecule has 1 aromatic carbocycles. The third-order valence-corrected chi connectivity index (χ3v) is 5.94. The van der Waals surface area contributed by atoms with E-state index in [0.29, 0.717) is 30.3 Å². The fraction of sp³-hybridized carbons (Fsp3) is 0.500. The Hall–Kier alpha value is -2.29. The van der Waals surface area contributed by atoms with Gasteiger partial charge in [-0.2, -0.15) is 0 Å². The van der Waals surface area contributed by atoms with Gasteiger partial charge in [0, 0.05) is 42.7 Å². The molecule has 164 valence electrons. The number of benzene rings is 1. The first-order valence-corrected chi connectivity index (χ1v) is 10.9. The molecule has 1 saturated heterocycles. The van der Waals surface area contributed by atoms with E-state index in [4.69, 9.17) is 18.9 Å². The fourth-order valence-corrected chi connectivity index (χ4v) is 4.31. The molecule has 1 N–H and O–H groups in total. The first-order valence-electron chi connectivity index (χ1n) is 10.0. The van der Waals surface area contributed by atoms with Crippen molar-refractivity contribution in [1.82, 2.24) is 10.2 Å². The molecule has 2 heterocycles. The summed E-state index contributed by atoms with van der Waals surface area (Å²) in [4.78, 5) is 16.1. The summed E-state index contributed by atoms with van der Waals surface area (Å²) in [6.07, 6.45) is 2.33. The second-order valence-corrected chi connectivity index (χ2v) is 8.21. The predicted molar refractivity (Wildman–Crippen MR) is 117 cm³/mol. The molecular weight excluding hydrogens is 404 g/mol. The molecule has 2 aromatic rings. The van der Waals surface area contributed by atoms with Gasteiger partial charge in [0.25, 0.3) is 0 Å². The largest absolute Gasteiger partial charge is 0.496 e. The van der Waals surface area contributed by atoms with Crippen LogP contribution in [0.25, 0.3) is 0 Å². The maximum absolute atomic E-state index is 12.7. The summed E-state index contributed by atoms with van der Waals surface area (Å²) in [5.41, 5.74) is 0.826. The first-order chi connectivity index (χ1) is 14.6. The number of thiophene rings is 1. The topological polar surface area (TPSA) is 69.3 Å². The number of hydrogen-bond acceptors (Lipinski definition) is 7. The van der Waals surface area contributed by atoms with E-state index in [1.165, 1.54) is 4.88 Å². The van der Waals surface area contributed by atoms with Crippen molar-refractivity contribution >= 4 is 17.2 Å². The van der Waals surface area contributed by atoms with Crippen molar-refractivity contribution in [2.45, 2.75) is 32.0 Å². The third-order valence-electron chi connectivity index (χ3n) is 5.08. The van der Waals surface area contributed by atoms with E-state index in [0.717, 1.165) is 38.1 Å². The van der Waals surface area contributed by atoms with E-state index in [1.807, 2.05) is 12.1 Å². The molecule has 1 aliphatic rings. The molecular formula is C22H30N2O5S. The van der Waals surface area contributed by atoms with Gasteiger partial charge in [0.1, 0.15) is 5.75 Å². The normalized spacial score (nSPS) is 15.9. The van der Waals surface area contributed by atoms with Crippen LogP contribution in [0.1, 0.15) is 23.3 Å². The average molecular weight is 435 g/mol. The number of hydrogen-bond donors (Lipinski definition) is 1. The number of ether oxygens (including phenoxy) is 4. The number of nitrogens with zero attached hydrogens (tertiary/aromatic N) is 1. The standard InChI is InChI=1S/C22H30N2O5S/c1-26-19-11-21(28-3)20(27-2)10-16(19)12-23-22(25)15-24(13-17-6-4-8-29-17)14-18-7-5-9-30-18/h5,7,9-11,17H,4,6,8,12-15H2,1-3H3,(H,23,25). The minimum absolute atomic E-state index is 0.0404. The molecule has 0 saturated carbocycles. The highest BCUT2D eigenvalue weighted by Crippen LogP contribution is 2.34.